The van der Waals surface area contributed by atoms with Crippen LogP contribution >= 0.6 is 7.82 Å². The summed E-state index contributed by atoms with van der Waals surface area (Å²) in [5, 5.41) is 12.3. The maximum Gasteiger partial charge on any atom is 0.524 e. The highest BCUT2D eigenvalue weighted by Gasteiger charge is 2.86. The molecule has 1 aromatic rings. The van der Waals surface area contributed by atoms with E-state index in [1.807, 2.05) is 40.7 Å². The van der Waals surface area contributed by atoms with Crippen molar-refractivity contribution >= 4 is 31.4 Å². The molecule has 3 aliphatic carbocycles. The van der Waals surface area contributed by atoms with E-state index in [0.717, 1.165) is 11.1 Å². The van der Waals surface area contributed by atoms with Crippen LogP contribution < -0.4 is 14.0 Å². The average molecular weight is 784 g/mol. The normalized spacial score (nSPS) is 31.0. The minimum absolute atomic E-state index is 0.0970. The number of carbonyl (C=O) groups excluding carboxylic acids is 3. The molecule has 1 saturated heterocycles. The zero-order valence-corrected chi connectivity index (χ0v) is 33.6. The second kappa shape index (κ2) is 13.8. The lowest BCUT2D eigenvalue weighted by Crippen LogP contribution is -2.79. The van der Waals surface area contributed by atoms with E-state index in [1.54, 1.807) is 26.0 Å². The van der Waals surface area contributed by atoms with Crippen molar-refractivity contribution < 1.29 is 57.1 Å². The van der Waals surface area contributed by atoms with Gasteiger partial charge in [0.15, 0.2) is 28.5 Å². The summed E-state index contributed by atoms with van der Waals surface area (Å²) in [5.74, 6) is -6.40. The molecule has 14 nitrogen and oxygen atoms in total. The van der Waals surface area contributed by atoms with Crippen LogP contribution in [0.1, 0.15) is 103 Å². The van der Waals surface area contributed by atoms with Crippen molar-refractivity contribution in [1.29, 1.82) is 0 Å². The molecule has 7 atom stereocenters. The molecule has 298 valence electrons. The first-order chi connectivity index (χ1) is 25.5. The topological polar surface area (TPSA) is 198 Å². The van der Waals surface area contributed by atoms with Gasteiger partial charge in [0.1, 0.15) is 22.7 Å². The molecule has 1 aromatic carbocycles. The number of nitro groups is 1. The number of nitrogens with zero attached hydrogens (tertiary/aromatic N) is 1. The lowest BCUT2D eigenvalue weighted by molar-refractivity contribution is -0.494. The van der Waals surface area contributed by atoms with Crippen molar-refractivity contribution in [2.75, 3.05) is 13.7 Å². The number of esters is 1. The van der Waals surface area contributed by atoms with E-state index in [1.165, 1.54) is 20.1 Å². The van der Waals surface area contributed by atoms with Crippen LogP contribution in [0.4, 0.5) is 0 Å². The van der Waals surface area contributed by atoms with Gasteiger partial charge in [0.05, 0.1) is 24.2 Å². The van der Waals surface area contributed by atoms with E-state index in [2.05, 4.69) is 6.08 Å². The van der Waals surface area contributed by atoms with Crippen LogP contribution in [-0.2, 0) is 30.0 Å². The van der Waals surface area contributed by atoms with Crippen LogP contribution in [0.2, 0.25) is 0 Å². The van der Waals surface area contributed by atoms with Gasteiger partial charge < -0.3 is 23.5 Å². The Kier molecular flexibility index (Phi) is 10.2. The molecular formula is C40H50NO13P. The molecule has 3 aliphatic heterocycles. The van der Waals surface area contributed by atoms with Crippen LogP contribution in [0.15, 0.2) is 41.0 Å². The van der Waals surface area contributed by atoms with Gasteiger partial charge in [0.2, 0.25) is 6.54 Å². The highest BCUT2D eigenvalue weighted by Crippen LogP contribution is 2.72. The summed E-state index contributed by atoms with van der Waals surface area (Å²) >= 11 is 0. The van der Waals surface area contributed by atoms with Gasteiger partial charge in [-0.1, -0.05) is 29.4 Å². The Morgan fingerprint density at radius 1 is 1.05 bits per heavy atom. The lowest BCUT2D eigenvalue weighted by Gasteiger charge is -2.62. The molecule has 4 fully saturated rings. The maximum atomic E-state index is 15.5. The fraction of sp³-hybridized carbons (Fsp3) is 0.575. The van der Waals surface area contributed by atoms with Crippen LogP contribution in [0.5, 0.6) is 17.2 Å². The first kappa shape index (κ1) is 40.6. The summed E-state index contributed by atoms with van der Waals surface area (Å²) in [6.07, 6.45) is 10.1. The summed E-state index contributed by atoms with van der Waals surface area (Å²) in [6.45, 7) is 14.0. The van der Waals surface area contributed by atoms with Gasteiger partial charge in [-0.2, -0.15) is 0 Å². The van der Waals surface area contributed by atoms with E-state index in [0.29, 0.717) is 18.4 Å². The summed E-state index contributed by atoms with van der Waals surface area (Å²) in [7, 11) is -4.12. The average Bonchev–Trinajstić information content (AvgIpc) is 3.20. The van der Waals surface area contributed by atoms with E-state index in [9.17, 15) is 34.1 Å². The van der Waals surface area contributed by atoms with Gasteiger partial charge in [-0.15, -0.1) is 0 Å². The van der Waals surface area contributed by atoms with Crippen molar-refractivity contribution in [1.82, 2.24) is 0 Å². The Balaban J connectivity index is 1.69. The molecule has 7 unspecified atom stereocenters. The number of allylic oxidation sites excluding steroid dienone is 4. The van der Waals surface area contributed by atoms with E-state index in [-0.39, 0.29) is 47.5 Å². The van der Waals surface area contributed by atoms with E-state index < -0.39 is 88.7 Å². The second-order valence-electron chi connectivity index (χ2n) is 16.7. The highest BCUT2D eigenvalue weighted by atomic mass is 31.2. The predicted octanol–water partition coefficient (Wildman–Crippen LogP) is 6.68. The number of carbonyl (C=O) groups is 3. The Labute approximate surface area is 320 Å². The molecule has 7 rings (SSSR count). The molecule has 0 aromatic heterocycles. The van der Waals surface area contributed by atoms with Crippen molar-refractivity contribution in [2.24, 2.45) is 23.7 Å². The monoisotopic (exact) mass is 783 g/mol. The molecule has 1 spiro atoms. The number of benzene rings is 1. The number of phosphoric acid groups is 1. The molecule has 0 amide bonds. The summed E-state index contributed by atoms with van der Waals surface area (Å²) in [5.41, 5.74) is -3.32. The molecule has 3 heterocycles. The van der Waals surface area contributed by atoms with Crippen LogP contribution in [-0.4, -0.2) is 68.3 Å². The molecule has 3 saturated carbocycles. The van der Waals surface area contributed by atoms with E-state index >= 15 is 4.79 Å². The Morgan fingerprint density at radius 2 is 1.73 bits per heavy atom. The second-order valence-corrected chi connectivity index (χ2v) is 17.8. The molecular weight excluding hydrogens is 733 g/mol. The zero-order valence-electron chi connectivity index (χ0n) is 32.7. The number of methoxy groups -OCH3 is 1. The standard InChI is InChI=1S/C40H50NO13P/c1-21(2)11-10-16-38(8)17-15-25-32(51-38)24(13-12-22(3)4)33-29(34(25)53-55(47,48)49)31(42)30-27(20-41(45)46)26-19-28-37(6,7)54-39(35(26)43,40(28,30)52-33)18-14-23(5)36(44)50-9/h11-12,14-15,17,26-28,30H,10,13,16,18-20H2,1-9H3,(H2,47,48,49). The third-order valence-corrected chi connectivity index (χ3v) is 12.4. The smallest absolute Gasteiger partial charge is 0.482 e. The number of hydrogen-bond donors (Lipinski definition) is 2. The minimum Gasteiger partial charge on any atom is -0.482 e. The first-order valence-electron chi connectivity index (χ1n) is 18.5. The van der Waals surface area contributed by atoms with Crippen molar-refractivity contribution in [2.45, 2.75) is 110 Å². The first-order valence-corrected chi connectivity index (χ1v) is 20.0. The Bertz CT molecular complexity index is 2030. The third kappa shape index (κ3) is 6.58. The maximum absolute atomic E-state index is 15.5. The van der Waals surface area contributed by atoms with Gasteiger partial charge in [-0.05, 0) is 93.2 Å². The van der Waals surface area contributed by atoms with Gasteiger partial charge in [-0.3, -0.25) is 29.5 Å². The predicted molar refractivity (Wildman–Crippen MR) is 200 cm³/mol. The molecule has 2 N–H and O–H groups in total. The summed E-state index contributed by atoms with van der Waals surface area (Å²) < 4.78 is 43.8. The largest absolute Gasteiger partial charge is 0.524 e. The Hall–Kier alpha value is -4.10. The number of ketones is 2. The quantitative estimate of drug-likeness (QED) is 0.0569. The van der Waals surface area contributed by atoms with Gasteiger partial charge in [0, 0.05) is 40.2 Å². The van der Waals surface area contributed by atoms with Crippen molar-refractivity contribution in [3.8, 4) is 17.2 Å². The SMILES string of the molecule is COC(=O)C(C)=CCC12OC(C)(C)C3CC(C1=O)C(C[N+](=O)[O-])C1C(=O)c4c(OP(=O)(O)O)c5c(c(CC=C(C)C)c4OC132)OC(C)(CCC=C(C)C)C=C5. The summed E-state index contributed by atoms with van der Waals surface area (Å²) in [6, 6.07) is 0. The van der Waals surface area contributed by atoms with Gasteiger partial charge >= 0.3 is 13.8 Å². The number of rotatable bonds is 12. The molecule has 15 heteroatoms. The number of hydrogen-bond acceptors (Lipinski definition) is 11. The van der Waals surface area contributed by atoms with Crippen molar-refractivity contribution in [3.05, 3.63) is 67.8 Å². The lowest BCUT2D eigenvalue weighted by atomic mass is 9.43. The molecule has 0 radical (unpaired) electrons. The van der Waals surface area contributed by atoms with Crippen LogP contribution in [0, 0.1) is 33.8 Å². The number of ether oxygens (including phenoxy) is 4. The fourth-order valence-corrected chi connectivity index (χ4v) is 10.1. The molecule has 4 bridgehead atoms. The van der Waals surface area contributed by atoms with Gasteiger partial charge in [-0.25, -0.2) is 9.36 Å². The van der Waals surface area contributed by atoms with Crippen LogP contribution in [0.3, 0.4) is 0 Å². The summed E-state index contributed by atoms with van der Waals surface area (Å²) in [4.78, 5) is 75.3. The number of phosphoric ester groups is 1. The zero-order chi connectivity index (χ0) is 40.6. The fourth-order valence-electron chi connectivity index (χ4n) is 9.70. The highest BCUT2D eigenvalue weighted by molar-refractivity contribution is 7.46. The van der Waals surface area contributed by atoms with Crippen LogP contribution in [0.25, 0.3) is 6.08 Å². The van der Waals surface area contributed by atoms with Gasteiger partial charge in [0.25, 0.3) is 0 Å². The molecule has 55 heavy (non-hydrogen) atoms. The minimum atomic E-state index is -5.35. The Morgan fingerprint density at radius 3 is 2.33 bits per heavy atom. The molecule has 6 aliphatic rings. The van der Waals surface area contributed by atoms with E-state index in [4.69, 9.17) is 23.5 Å². The number of Topliss-reactive ketones (excluding diaryl/α,β-unsaturated/α-hetero) is 2. The third-order valence-electron chi connectivity index (χ3n) is 12.0. The number of fused-ring (bicyclic) bond motifs is 2. The van der Waals surface area contributed by atoms with Crippen molar-refractivity contribution in [3.63, 3.8) is 0 Å².